The summed E-state index contributed by atoms with van der Waals surface area (Å²) < 4.78 is 11.4. The second kappa shape index (κ2) is 6.76. The smallest absolute Gasteiger partial charge is 0.280 e. The highest BCUT2D eigenvalue weighted by molar-refractivity contribution is 6.30. The Labute approximate surface area is 158 Å². The first-order chi connectivity index (χ1) is 13.1. The molecule has 2 aliphatic rings. The fourth-order valence-corrected chi connectivity index (χ4v) is 3.23. The fourth-order valence-electron chi connectivity index (χ4n) is 3.23. The Morgan fingerprint density at radius 3 is 2.67 bits per heavy atom. The normalized spacial score (nSPS) is 20.1. The minimum Gasteiger partial charge on any atom is -0.493 e. The van der Waals surface area contributed by atoms with Gasteiger partial charge >= 0.3 is 0 Å². The molecule has 4 rings (SSSR count). The van der Waals surface area contributed by atoms with Gasteiger partial charge in [0.2, 0.25) is 0 Å². The molecule has 0 aliphatic carbocycles. The van der Waals surface area contributed by atoms with Crippen LogP contribution in [0.4, 0.5) is 5.69 Å². The predicted octanol–water partition coefficient (Wildman–Crippen LogP) is 4.21. The van der Waals surface area contributed by atoms with Crippen molar-refractivity contribution in [2.45, 2.75) is 20.0 Å². The molecule has 0 aromatic heterocycles. The molecule has 2 heterocycles. The largest absolute Gasteiger partial charge is 0.493 e. The molecule has 0 N–H and O–H groups in total. The van der Waals surface area contributed by atoms with Crippen molar-refractivity contribution in [3.63, 3.8) is 0 Å². The Morgan fingerprint density at radius 1 is 1.15 bits per heavy atom. The van der Waals surface area contributed by atoms with Crippen LogP contribution in [0.15, 0.2) is 70.9 Å². The van der Waals surface area contributed by atoms with Crippen LogP contribution in [0.1, 0.15) is 19.4 Å². The Hall–Kier alpha value is -3.34. The predicted molar refractivity (Wildman–Crippen MR) is 106 cm³/mol. The maximum absolute atomic E-state index is 12.9. The van der Waals surface area contributed by atoms with Gasteiger partial charge in [0.1, 0.15) is 6.10 Å². The van der Waals surface area contributed by atoms with Gasteiger partial charge in [0, 0.05) is 5.56 Å². The molecule has 2 aliphatic heterocycles. The summed E-state index contributed by atoms with van der Waals surface area (Å²) in [6.45, 7) is 3.80. The summed E-state index contributed by atoms with van der Waals surface area (Å²) in [5.41, 5.74) is 3.87. The van der Waals surface area contributed by atoms with Gasteiger partial charge in [-0.25, -0.2) is 0 Å². The number of ether oxygens (including phenoxy) is 2. The van der Waals surface area contributed by atoms with Gasteiger partial charge in [-0.3, -0.25) is 4.79 Å². The molecule has 5 nitrogen and oxygen atoms in total. The molecule has 0 bridgehead atoms. The average Bonchev–Trinajstić information content (AvgIpc) is 2.97. The quantitative estimate of drug-likeness (QED) is 0.771. The van der Waals surface area contributed by atoms with Gasteiger partial charge < -0.3 is 9.47 Å². The van der Waals surface area contributed by atoms with Crippen molar-refractivity contribution in [3.05, 3.63) is 71.3 Å². The number of nitrogens with zero attached hydrogens (tertiary/aromatic N) is 2. The van der Waals surface area contributed by atoms with Crippen LogP contribution < -0.4 is 14.5 Å². The van der Waals surface area contributed by atoms with Crippen LogP contribution in [0.25, 0.3) is 6.08 Å². The summed E-state index contributed by atoms with van der Waals surface area (Å²) in [5, 5.41) is 5.87. The number of carbonyl (C=O) groups is 1. The number of rotatable bonds is 3. The zero-order valence-electron chi connectivity index (χ0n) is 15.5. The molecule has 1 atom stereocenters. The molecule has 0 radical (unpaired) electrons. The zero-order chi connectivity index (χ0) is 19.0. The number of benzene rings is 2. The minimum atomic E-state index is -0.201. The highest BCUT2D eigenvalue weighted by Gasteiger charge is 2.30. The number of hydrogen-bond donors (Lipinski definition) is 0. The molecule has 0 fully saturated rings. The van der Waals surface area contributed by atoms with E-state index in [-0.39, 0.29) is 12.0 Å². The monoisotopic (exact) mass is 360 g/mol. The van der Waals surface area contributed by atoms with E-state index >= 15 is 0 Å². The van der Waals surface area contributed by atoms with E-state index in [1.807, 2.05) is 74.5 Å². The molecule has 1 amide bonds. The van der Waals surface area contributed by atoms with E-state index in [2.05, 4.69) is 5.10 Å². The summed E-state index contributed by atoms with van der Waals surface area (Å²) in [6.07, 6.45) is 3.70. The van der Waals surface area contributed by atoms with Crippen LogP contribution in [-0.2, 0) is 4.79 Å². The summed E-state index contributed by atoms with van der Waals surface area (Å²) in [5.74, 6) is 1.29. The number of methoxy groups -OCH3 is 1. The fraction of sp³-hybridized carbons (Fsp3) is 0.182. The first-order valence-electron chi connectivity index (χ1n) is 8.80. The van der Waals surface area contributed by atoms with Crippen molar-refractivity contribution in [2.24, 2.45) is 5.10 Å². The minimum absolute atomic E-state index is 0.136. The maximum atomic E-state index is 12.9. The van der Waals surface area contributed by atoms with Gasteiger partial charge in [-0.05, 0) is 49.8 Å². The van der Waals surface area contributed by atoms with E-state index in [4.69, 9.17) is 9.47 Å². The van der Waals surface area contributed by atoms with Crippen LogP contribution in [-0.4, -0.2) is 24.8 Å². The third-order valence-corrected chi connectivity index (χ3v) is 4.69. The Balaban J connectivity index is 1.70. The van der Waals surface area contributed by atoms with Crippen LogP contribution in [0.2, 0.25) is 0 Å². The third kappa shape index (κ3) is 3.01. The number of carbonyl (C=O) groups excluding carboxylic acids is 1. The van der Waals surface area contributed by atoms with Crippen LogP contribution in [0, 0.1) is 0 Å². The van der Waals surface area contributed by atoms with Gasteiger partial charge in [0.15, 0.2) is 11.5 Å². The topological polar surface area (TPSA) is 51.1 Å². The zero-order valence-corrected chi connectivity index (χ0v) is 15.5. The number of hydrazone groups is 1. The number of para-hydroxylation sites is 2. The molecular formula is C22H20N2O3. The molecule has 0 saturated heterocycles. The molecule has 1 unspecified atom stereocenters. The second-order valence-corrected chi connectivity index (χ2v) is 6.48. The number of anilines is 1. The Kier molecular flexibility index (Phi) is 4.28. The highest BCUT2D eigenvalue weighted by atomic mass is 16.5. The lowest BCUT2D eigenvalue weighted by molar-refractivity contribution is -0.114. The van der Waals surface area contributed by atoms with Crippen molar-refractivity contribution in [1.29, 1.82) is 0 Å². The highest BCUT2D eigenvalue weighted by Crippen LogP contribution is 2.38. The SMILES string of the molecule is COc1cccc2c1OC(C)C(/C=C1\C(=O)N(c3ccccc3)N=C1C)=C2. The molecular weight excluding hydrogens is 340 g/mol. The standard InChI is InChI=1S/C22H20N2O3/c1-14-19(22(25)24(23-14)18-9-5-4-6-10-18)13-17-12-16-8-7-11-20(26-3)21(16)27-15(17)2/h4-13,15H,1-3H3/b19-13-. The van der Waals surface area contributed by atoms with E-state index in [1.54, 1.807) is 7.11 Å². The first kappa shape index (κ1) is 17.1. The molecule has 0 spiro atoms. The lowest BCUT2D eigenvalue weighted by Gasteiger charge is -2.24. The van der Waals surface area contributed by atoms with Gasteiger partial charge in [0.05, 0.1) is 24.1 Å². The van der Waals surface area contributed by atoms with E-state index < -0.39 is 0 Å². The van der Waals surface area contributed by atoms with E-state index in [9.17, 15) is 4.79 Å². The molecule has 136 valence electrons. The molecule has 2 aromatic rings. The average molecular weight is 360 g/mol. The first-order valence-corrected chi connectivity index (χ1v) is 8.80. The number of hydrogen-bond acceptors (Lipinski definition) is 4. The van der Waals surface area contributed by atoms with Crippen molar-refractivity contribution in [3.8, 4) is 11.5 Å². The van der Waals surface area contributed by atoms with Crippen LogP contribution in [0.5, 0.6) is 11.5 Å². The molecule has 0 saturated carbocycles. The number of amides is 1. The van der Waals surface area contributed by atoms with Gasteiger partial charge in [-0.2, -0.15) is 10.1 Å². The lowest BCUT2D eigenvalue weighted by Crippen LogP contribution is -2.23. The maximum Gasteiger partial charge on any atom is 0.280 e. The number of fused-ring (bicyclic) bond motifs is 1. The van der Waals surface area contributed by atoms with Crippen molar-refractivity contribution < 1.29 is 14.3 Å². The molecule has 2 aromatic carbocycles. The van der Waals surface area contributed by atoms with Gasteiger partial charge in [-0.1, -0.05) is 30.3 Å². The Morgan fingerprint density at radius 2 is 1.93 bits per heavy atom. The van der Waals surface area contributed by atoms with Crippen molar-refractivity contribution in [1.82, 2.24) is 0 Å². The Bertz CT molecular complexity index is 990. The van der Waals surface area contributed by atoms with Crippen molar-refractivity contribution in [2.75, 3.05) is 12.1 Å². The van der Waals surface area contributed by atoms with Gasteiger partial charge in [0.25, 0.3) is 5.91 Å². The van der Waals surface area contributed by atoms with E-state index in [0.717, 1.165) is 22.6 Å². The third-order valence-electron chi connectivity index (χ3n) is 4.69. The summed E-state index contributed by atoms with van der Waals surface area (Å²) in [4.78, 5) is 12.9. The lowest BCUT2D eigenvalue weighted by atomic mass is 9.98. The summed E-state index contributed by atoms with van der Waals surface area (Å²) in [7, 11) is 1.63. The summed E-state index contributed by atoms with van der Waals surface area (Å²) in [6, 6.07) is 15.2. The summed E-state index contributed by atoms with van der Waals surface area (Å²) >= 11 is 0. The van der Waals surface area contributed by atoms with Crippen LogP contribution >= 0.6 is 0 Å². The van der Waals surface area contributed by atoms with E-state index in [0.29, 0.717) is 17.0 Å². The molecule has 27 heavy (non-hydrogen) atoms. The second-order valence-electron chi connectivity index (χ2n) is 6.48. The van der Waals surface area contributed by atoms with E-state index in [1.165, 1.54) is 5.01 Å². The van der Waals surface area contributed by atoms with Crippen LogP contribution in [0.3, 0.4) is 0 Å². The van der Waals surface area contributed by atoms with Crippen molar-refractivity contribution >= 4 is 23.4 Å². The van der Waals surface area contributed by atoms with Gasteiger partial charge in [-0.15, -0.1) is 0 Å². The molecule has 5 heteroatoms.